The first-order chi connectivity index (χ1) is 14.5. The highest BCUT2D eigenvalue weighted by Gasteiger charge is 2.29. The van der Waals surface area contributed by atoms with Gasteiger partial charge in [0.25, 0.3) is 5.89 Å². The third-order valence-corrected chi connectivity index (χ3v) is 6.75. The van der Waals surface area contributed by atoms with Crippen molar-refractivity contribution in [2.45, 2.75) is 15.0 Å². The van der Waals surface area contributed by atoms with Crippen molar-refractivity contribution in [2.75, 3.05) is 11.1 Å². The average molecular weight is 441 g/mol. The molecule has 1 amide bonds. The number of thioether (sulfide) groups is 1. The molecular weight excluding hydrogens is 424 g/mol. The number of benzene rings is 2. The molecule has 4 rings (SSSR count). The summed E-state index contributed by atoms with van der Waals surface area (Å²) in [4.78, 5) is 16.5. The van der Waals surface area contributed by atoms with E-state index in [1.165, 1.54) is 18.4 Å². The second-order valence-corrected chi connectivity index (χ2v) is 8.92. The maximum absolute atomic E-state index is 13.1. The minimum atomic E-state index is -3.95. The van der Waals surface area contributed by atoms with Crippen molar-refractivity contribution in [2.24, 2.45) is 0 Å². The van der Waals surface area contributed by atoms with Crippen LogP contribution in [0.3, 0.4) is 0 Å². The van der Waals surface area contributed by atoms with Gasteiger partial charge in [0.1, 0.15) is 0 Å². The van der Waals surface area contributed by atoms with Gasteiger partial charge in [-0.25, -0.2) is 8.42 Å². The summed E-state index contributed by atoms with van der Waals surface area (Å²) in [5.41, 5.74) is 0.647. The Balaban J connectivity index is 1.62. The number of anilines is 1. The number of oxazole rings is 1. The summed E-state index contributed by atoms with van der Waals surface area (Å²) in [6, 6.07) is 20.2. The molecular formula is C21H16N2O5S2. The van der Waals surface area contributed by atoms with Gasteiger partial charge in [0.2, 0.25) is 25.9 Å². The van der Waals surface area contributed by atoms with Crippen LogP contribution in [0.1, 0.15) is 0 Å². The van der Waals surface area contributed by atoms with Gasteiger partial charge in [0, 0.05) is 5.69 Å². The van der Waals surface area contributed by atoms with E-state index in [9.17, 15) is 13.2 Å². The highest BCUT2D eigenvalue weighted by atomic mass is 32.2. The molecule has 0 aliphatic rings. The van der Waals surface area contributed by atoms with E-state index in [-0.39, 0.29) is 32.6 Å². The third-order valence-electron chi connectivity index (χ3n) is 4.00. The SMILES string of the molecule is O=C(CSc1oc(-c2ccco2)nc1S(=O)(=O)c1ccccc1)Nc1ccccc1. The Hall–Kier alpha value is -3.30. The molecule has 9 heteroatoms. The molecule has 2 heterocycles. The van der Waals surface area contributed by atoms with Crippen LogP contribution in [0.2, 0.25) is 0 Å². The molecule has 0 fully saturated rings. The van der Waals surface area contributed by atoms with Crippen LogP contribution in [-0.2, 0) is 14.6 Å². The molecule has 0 aliphatic carbocycles. The van der Waals surface area contributed by atoms with E-state index in [1.54, 1.807) is 54.6 Å². The van der Waals surface area contributed by atoms with Gasteiger partial charge < -0.3 is 14.2 Å². The summed E-state index contributed by atoms with van der Waals surface area (Å²) in [7, 11) is -3.95. The summed E-state index contributed by atoms with van der Waals surface area (Å²) in [6.45, 7) is 0. The maximum Gasteiger partial charge on any atom is 0.265 e. The molecule has 2 aromatic heterocycles. The number of furan rings is 1. The standard InChI is InChI=1S/C21H16N2O5S2/c24-18(22-15-8-3-1-4-9-15)14-29-21-20(23-19(28-21)17-12-7-13-27-17)30(25,26)16-10-5-2-6-11-16/h1-13H,14H2,(H,22,24). The van der Waals surface area contributed by atoms with Crippen LogP contribution in [0.5, 0.6) is 0 Å². The molecule has 0 unspecified atom stereocenters. The smallest absolute Gasteiger partial charge is 0.265 e. The van der Waals surface area contributed by atoms with Crippen molar-refractivity contribution >= 4 is 33.2 Å². The zero-order valence-electron chi connectivity index (χ0n) is 15.5. The molecule has 7 nitrogen and oxygen atoms in total. The van der Waals surface area contributed by atoms with Crippen LogP contribution in [0, 0.1) is 0 Å². The number of carbonyl (C=O) groups is 1. The first-order valence-electron chi connectivity index (χ1n) is 8.86. The van der Waals surface area contributed by atoms with Crippen LogP contribution in [0.15, 0.2) is 103 Å². The zero-order valence-corrected chi connectivity index (χ0v) is 17.2. The Morgan fingerprint density at radius 2 is 1.67 bits per heavy atom. The summed E-state index contributed by atoms with van der Waals surface area (Å²) in [6.07, 6.45) is 1.44. The summed E-state index contributed by atoms with van der Waals surface area (Å²) in [5, 5.41) is 2.52. The van der Waals surface area contributed by atoms with E-state index in [1.807, 2.05) is 6.07 Å². The number of hydrogen-bond donors (Lipinski definition) is 1. The van der Waals surface area contributed by atoms with Crippen molar-refractivity contribution in [3.8, 4) is 11.7 Å². The Morgan fingerprint density at radius 3 is 2.33 bits per heavy atom. The van der Waals surface area contributed by atoms with Crippen molar-refractivity contribution in [3.05, 3.63) is 79.1 Å². The van der Waals surface area contributed by atoms with Gasteiger partial charge in [-0.3, -0.25) is 4.79 Å². The molecule has 0 atom stereocenters. The highest BCUT2D eigenvalue weighted by Crippen LogP contribution is 2.35. The number of nitrogens with one attached hydrogen (secondary N) is 1. The lowest BCUT2D eigenvalue weighted by Gasteiger charge is -2.05. The Labute approximate surface area is 177 Å². The van der Waals surface area contributed by atoms with Crippen molar-refractivity contribution < 1.29 is 22.0 Å². The van der Waals surface area contributed by atoms with E-state index < -0.39 is 9.84 Å². The van der Waals surface area contributed by atoms with E-state index in [0.717, 1.165) is 11.8 Å². The quantitative estimate of drug-likeness (QED) is 0.422. The zero-order chi connectivity index (χ0) is 21.0. The Morgan fingerprint density at radius 1 is 0.967 bits per heavy atom. The summed E-state index contributed by atoms with van der Waals surface area (Å²) < 4.78 is 37.2. The molecule has 0 saturated carbocycles. The van der Waals surface area contributed by atoms with Gasteiger partial charge in [0.15, 0.2) is 5.76 Å². The van der Waals surface area contributed by atoms with E-state index in [4.69, 9.17) is 8.83 Å². The molecule has 0 spiro atoms. The molecule has 152 valence electrons. The minimum absolute atomic E-state index is 0.0217. The Bertz CT molecular complexity index is 1240. The topological polar surface area (TPSA) is 102 Å². The third kappa shape index (κ3) is 4.32. The van der Waals surface area contributed by atoms with Gasteiger partial charge >= 0.3 is 0 Å². The average Bonchev–Trinajstić information content (AvgIpc) is 3.44. The lowest BCUT2D eigenvalue weighted by atomic mass is 10.3. The number of carbonyl (C=O) groups excluding carboxylic acids is 1. The molecule has 0 radical (unpaired) electrons. The number of hydrogen-bond acceptors (Lipinski definition) is 7. The van der Waals surface area contributed by atoms with E-state index in [0.29, 0.717) is 11.4 Å². The van der Waals surface area contributed by atoms with Crippen molar-refractivity contribution in [3.63, 3.8) is 0 Å². The number of rotatable bonds is 7. The van der Waals surface area contributed by atoms with Crippen LogP contribution in [0.4, 0.5) is 5.69 Å². The van der Waals surface area contributed by atoms with E-state index >= 15 is 0 Å². The first-order valence-corrected chi connectivity index (χ1v) is 11.3. The lowest BCUT2D eigenvalue weighted by Crippen LogP contribution is -2.14. The number of sulfone groups is 1. The number of amides is 1. The van der Waals surface area contributed by atoms with Gasteiger partial charge in [-0.1, -0.05) is 48.2 Å². The predicted octanol–water partition coefficient (Wildman–Crippen LogP) is 4.50. The number of para-hydroxylation sites is 1. The monoisotopic (exact) mass is 440 g/mol. The summed E-state index contributed by atoms with van der Waals surface area (Å²) >= 11 is 0.952. The van der Waals surface area contributed by atoms with Crippen LogP contribution in [-0.4, -0.2) is 25.1 Å². The van der Waals surface area contributed by atoms with E-state index in [2.05, 4.69) is 10.3 Å². The van der Waals surface area contributed by atoms with Crippen LogP contribution in [0.25, 0.3) is 11.7 Å². The van der Waals surface area contributed by atoms with Crippen LogP contribution >= 0.6 is 11.8 Å². The molecule has 2 aromatic carbocycles. The maximum atomic E-state index is 13.1. The molecule has 4 aromatic rings. The Kier molecular flexibility index (Phi) is 5.73. The van der Waals surface area contributed by atoms with Gasteiger partial charge in [-0.2, -0.15) is 4.98 Å². The van der Waals surface area contributed by atoms with Crippen LogP contribution < -0.4 is 5.32 Å². The number of nitrogens with zero attached hydrogens (tertiary/aromatic N) is 1. The first kappa shape index (κ1) is 20.0. The molecule has 1 N–H and O–H groups in total. The van der Waals surface area contributed by atoms with Gasteiger partial charge in [-0.15, -0.1) is 0 Å². The largest absolute Gasteiger partial charge is 0.459 e. The second kappa shape index (κ2) is 8.60. The lowest BCUT2D eigenvalue weighted by molar-refractivity contribution is -0.113. The predicted molar refractivity (Wildman–Crippen MR) is 112 cm³/mol. The molecule has 30 heavy (non-hydrogen) atoms. The molecule has 0 saturated heterocycles. The van der Waals surface area contributed by atoms with Gasteiger partial charge in [0.05, 0.1) is 16.9 Å². The normalized spacial score (nSPS) is 11.3. The highest BCUT2D eigenvalue weighted by molar-refractivity contribution is 8.00. The molecule has 0 bridgehead atoms. The second-order valence-electron chi connectivity index (χ2n) is 6.11. The van der Waals surface area contributed by atoms with Crippen molar-refractivity contribution in [1.82, 2.24) is 4.98 Å². The fraction of sp³-hybridized carbons (Fsp3) is 0.0476. The fourth-order valence-corrected chi connectivity index (χ4v) is 4.97. The van der Waals surface area contributed by atoms with Gasteiger partial charge in [-0.05, 0) is 36.4 Å². The van der Waals surface area contributed by atoms with Crippen molar-refractivity contribution in [1.29, 1.82) is 0 Å². The molecule has 0 aliphatic heterocycles. The fourth-order valence-electron chi connectivity index (χ4n) is 2.62. The number of aromatic nitrogens is 1. The minimum Gasteiger partial charge on any atom is -0.459 e. The summed E-state index contributed by atoms with van der Waals surface area (Å²) in [5.74, 6) is -0.0373.